The number of rotatable bonds is 4. The number of methoxy groups -OCH3 is 1. The summed E-state index contributed by atoms with van der Waals surface area (Å²) in [4.78, 5) is 5.20. The Morgan fingerprint density at radius 2 is 2.11 bits per heavy atom. The van der Waals surface area contributed by atoms with Gasteiger partial charge in [-0.2, -0.15) is 0 Å². The Balaban J connectivity index is 2.25. The van der Waals surface area contributed by atoms with Gasteiger partial charge in [0.25, 0.3) is 0 Å². The van der Waals surface area contributed by atoms with Crippen LogP contribution in [0, 0.1) is 0 Å². The van der Waals surface area contributed by atoms with E-state index in [1.165, 1.54) is 5.56 Å². The molecule has 2 nitrogen and oxygen atoms in total. The summed E-state index contributed by atoms with van der Waals surface area (Å²) in [6, 6.07) is 6.33. The minimum Gasteiger partial charge on any atom is -0.496 e. The zero-order valence-electron chi connectivity index (χ0n) is 10.9. The van der Waals surface area contributed by atoms with Crippen LogP contribution in [0.1, 0.15) is 35.8 Å². The molecule has 0 spiro atoms. The van der Waals surface area contributed by atoms with E-state index in [1.54, 1.807) is 18.4 Å². The summed E-state index contributed by atoms with van der Waals surface area (Å²) in [5.74, 6) is 1.43. The first-order chi connectivity index (χ1) is 8.70. The Hall–Kier alpha value is -1.61. The van der Waals surface area contributed by atoms with Gasteiger partial charge in [0.2, 0.25) is 0 Å². The lowest BCUT2D eigenvalue weighted by atomic mass is 10.00. The van der Waals surface area contributed by atoms with Crippen molar-refractivity contribution in [3.05, 3.63) is 45.9 Å². The summed E-state index contributed by atoms with van der Waals surface area (Å²) in [6.07, 6.45) is 6.02. The SMILES string of the molecule is COc1cc(/C=C/c2cncs2)ccc1C(C)C. The van der Waals surface area contributed by atoms with Gasteiger partial charge >= 0.3 is 0 Å². The van der Waals surface area contributed by atoms with Crippen molar-refractivity contribution in [3.8, 4) is 5.75 Å². The lowest BCUT2D eigenvalue weighted by Crippen LogP contribution is -1.94. The monoisotopic (exact) mass is 259 g/mol. The van der Waals surface area contributed by atoms with Crippen LogP contribution >= 0.6 is 11.3 Å². The van der Waals surface area contributed by atoms with Gasteiger partial charge in [-0.25, -0.2) is 0 Å². The molecule has 0 N–H and O–H groups in total. The van der Waals surface area contributed by atoms with E-state index in [1.807, 2.05) is 11.7 Å². The fraction of sp³-hybridized carbons (Fsp3) is 0.267. The molecule has 0 unspecified atom stereocenters. The van der Waals surface area contributed by atoms with Gasteiger partial charge in [0.15, 0.2) is 0 Å². The summed E-state index contributed by atoms with van der Waals surface area (Å²) in [6.45, 7) is 4.34. The minimum absolute atomic E-state index is 0.472. The van der Waals surface area contributed by atoms with Crippen LogP contribution in [0.4, 0.5) is 0 Å². The van der Waals surface area contributed by atoms with Crippen LogP contribution < -0.4 is 4.74 Å². The normalized spacial score (nSPS) is 11.3. The molecule has 0 aliphatic rings. The second-order valence-electron chi connectivity index (χ2n) is 4.39. The number of hydrogen-bond donors (Lipinski definition) is 0. The molecule has 18 heavy (non-hydrogen) atoms. The van der Waals surface area contributed by atoms with Gasteiger partial charge in [-0.3, -0.25) is 4.98 Å². The van der Waals surface area contributed by atoms with Gasteiger partial charge in [0.05, 0.1) is 12.6 Å². The highest BCUT2D eigenvalue weighted by Gasteiger charge is 2.06. The highest BCUT2D eigenvalue weighted by atomic mass is 32.1. The average molecular weight is 259 g/mol. The molecule has 0 amide bonds. The molecule has 0 saturated heterocycles. The molecule has 0 aliphatic heterocycles. The van der Waals surface area contributed by atoms with Crippen molar-refractivity contribution in [2.75, 3.05) is 7.11 Å². The lowest BCUT2D eigenvalue weighted by molar-refractivity contribution is 0.407. The maximum Gasteiger partial charge on any atom is 0.122 e. The van der Waals surface area contributed by atoms with E-state index < -0.39 is 0 Å². The molecule has 1 aromatic heterocycles. The summed E-state index contributed by atoms with van der Waals surface area (Å²) in [5, 5.41) is 0. The fourth-order valence-corrected chi connectivity index (χ4v) is 2.31. The third kappa shape index (κ3) is 2.99. The number of nitrogens with zero attached hydrogens (tertiary/aromatic N) is 1. The van der Waals surface area contributed by atoms with Crippen molar-refractivity contribution >= 4 is 23.5 Å². The second kappa shape index (κ2) is 5.83. The number of hydrogen-bond acceptors (Lipinski definition) is 3. The summed E-state index contributed by atoms with van der Waals surface area (Å²) in [5.41, 5.74) is 4.22. The number of aromatic nitrogens is 1. The molecule has 3 heteroatoms. The van der Waals surface area contributed by atoms with E-state index >= 15 is 0 Å². The summed E-state index contributed by atoms with van der Waals surface area (Å²) < 4.78 is 5.44. The maximum absolute atomic E-state index is 5.44. The largest absolute Gasteiger partial charge is 0.496 e. The van der Waals surface area contributed by atoms with Gasteiger partial charge in [-0.05, 0) is 29.2 Å². The Morgan fingerprint density at radius 3 is 2.72 bits per heavy atom. The standard InChI is InChI=1S/C15H17NOS/c1-11(2)14-7-5-12(8-15(14)17-3)4-6-13-9-16-10-18-13/h4-11H,1-3H3/b6-4+. The zero-order chi connectivity index (χ0) is 13.0. The van der Waals surface area contributed by atoms with E-state index in [0.29, 0.717) is 5.92 Å². The van der Waals surface area contributed by atoms with Crippen LogP contribution in [0.25, 0.3) is 12.2 Å². The third-order valence-electron chi connectivity index (χ3n) is 2.77. The highest BCUT2D eigenvalue weighted by molar-refractivity contribution is 7.10. The molecule has 1 heterocycles. The Kier molecular flexibility index (Phi) is 4.15. The minimum atomic E-state index is 0.472. The van der Waals surface area contributed by atoms with Crippen LogP contribution in [-0.2, 0) is 0 Å². The van der Waals surface area contributed by atoms with Gasteiger partial charge in [-0.1, -0.05) is 32.1 Å². The third-order valence-corrected chi connectivity index (χ3v) is 3.51. The molecule has 0 aliphatic carbocycles. The first kappa shape index (κ1) is 12.8. The van der Waals surface area contributed by atoms with Crippen LogP contribution in [-0.4, -0.2) is 12.1 Å². The predicted molar refractivity (Wildman–Crippen MR) is 78.1 cm³/mol. The van der Waals surface area contributed by atoms with E-state index in [0.717, 1.165) is 16.2 Å². The van der Waals surface area contributed by atoms with Gasteiger partial charge in [-0.15, -0.1) is 11.3 Å². The molecule has 1 aromatic carbocycles. The zero-order valence-corrected chi connectivity index (χ0v) is 11.7. The molecule has 2 rings (SSSR count). The summed E-state index contributed by atoms with van der Waals surface area (Å²) >= 11 is 1.63. The number of ether oxygens (including phenoxy) is 1. The molecule has 2 aromatic rings. The fourth-order valence-electron chi connectivity index (χ4n) is 1.79. The van der Waals surface area contributed by atoms with Gasteiger partial charge < -0.3 is 4.74 Å². The number of thiazole rings is 1. The molecule has 0 fully saturated rings. The van der Waals surface area contributed by atoms with Gasteiger partial charge in [0.1, 0.15) is 5.75 Å². The molecule has 94 valence electrons. The Labute approximate surface area is 112 Å². The van der Waals surface area contributed by atoms with E-state index in [9.17, 15) is 0 Å². The quantitative estimate of drug-likeness (QED) is 0.809. The highest BCUT2D eigenvalue weighted by Crippen LogP contribution is 2.28. The molecule has 0 bridgehead atoms. The Morgan fingerprint density at radius 1 is 1.28 bits per heavy atom. The first-order valence-electron chi connectivity index (χ1n) is 5.95. The topological polar surface area (TPSA) is 22.1 Å². The van der Waals surface area contributed by atoms with Crippen LogP contribution in [0.2, 0.25) is 0 Å². The smallest absolute Gasteiger partial charge is 0.122 e. The van der Waals surface area contributed by atoms with E-state index in [2.05, 4.69) is 49.2 Å². The van der Waals surface area contributed by atoms with Crippen molar-refractivity contribution < 1.29 is 4.74 Å². The first-order valence-corrected chi connectivity index (χ1v) is 6.83. The molecule has 0 radical (unpaired) electrons. The molecular weight excluding hydrogens is 242 g/mol. The second-order valence-corrected chi connectivity index (χ2v) is 5.31. The maximum atomic E-state index is 5.44. The molecule has 0 saturated carbocycles. The molecular formula is C15H17NOS. The van der Waals surface area contributed by atoms with Crippen LogP contribution in [0.15, 0.2) is 29.9 Å². The Bertz CT molecular complexity index is 529. The number of benzene rings is 1. The van der Waals surface area contributed by atoms with Crippen molar-refractivity contribution in [1.29, 1.82) is 0 Å². The van der Waals surface area contributed by atoms with E-state index in [4.69, 9.17) is 4.74 Å². The molecule has 0 atom stereocenters. The van der Waals surface area contributed by atoms with Crippen molar-refractivity contribution in [2.45, 2.75) is 19.8 Å². The summed E-state index contributed by atoms with van der Waals surface area (Å²) in [7, 11) is 1.72. The predicted octanol–water partition coefficient (Wildman–Crippen LogP) is 4.45. The van der Waals surface area contributed by atoms with Crippen LogP contribution in [0.3, 0.4) is 0 Å². The van der Waals surface area contributed by atoms with Crippen molar-refractivity contribution in [3.63, 3.8) is 0 Å². The van der Waals surface area contributed by atoms with Crippen molar-refractivity contribution in [1.82, 2.24) is 4.98 Å². The lowest BCUT2D eigenvalue weighted by Gasteiger charge is -2.12. The van der Waals surface area contributed by atoms with Gasteiger partial charge in [0, 0.05) is 11.1 Å². The van der Waals surface area contributed by atoms with E-state index in [-0.39, 0.29) is 0 Å². The average Bonchev–Trinajstić information content (AvgIpc) is 2.88. The van der Waals surface area contributed by atoms with Crippen molar-refractivity contribution in [2.24, 2.45) is 0 Å². The van der Waals surface area contributed by atoms with Crippen LogP contribution in [0.5, 0.6) is 5.75 Å².